The number of aromatic nitrogens is 1. The van der Waals surface area contributed by atoms with Crippen molar-refractivity contribution in [3.05, 3.63) is 33.1 Å². The van der Waals surface area contributed by atoms with E-state index in [9.17, 15) is 5.11 Å². The van der Waals surface area contributed by atoms with Gasteiger partial charge in [-0.25, -0.2) is 4.98 Å². The summed E-state index contributed by atoms with van der Waals surface area (Å²) in [6, 6.07) is 4.21. The summed E-state index contributed by atoms with van der Waals surface area (Å²) in [6.07, 6.45) is 0. The predicted molar refractivity (Wildman–Crippen MR) is 104 cm³/mol. The molecule has 24 heavy (non-hydrogen) atoms. The van der Waals surface area contributed by atoms with E-state index in [2.05, 4.69) is 65.9 Å². The van der Waals surface area contributed by atoms with E-state index in [0.29, 0.717) is 5.75 Å². The molecule has 0 fully saturated rings. The Balaban J connectivity index is 2.71. The Bertz CT molecular complexity index is 698. The second-order valence-corrected chi connectivity index (χ2v) is 9.75. The molecule has 2 aromatic rings. The van der Waals surface area contributed by atoms with Crippen LogP contribution in [-0.2, 0) is 17.4 Å². The lowest BCUT2D eigenvalue weighted by atomic mass is 9.78. The number of hydrogen-bond acceptors (Lipinski definition) is 4. The topological polar surface area (TPSA) is 45.2 Å². The molecule has 0 saturated heterocycles. The molecule has 1 heterocycles. The summed E-state index contributed by atoms with van der Waals surface area (Å²) in [7, 11) is 1.94. The second kappa shape index (κ2) is 6.49. The molecule has 132 valence electrons. The van der Waals surface area contributed by atoms with Crippen molar-refractivity contribution in [2.24, 2.45) is 0 Å². The molecule has 2 rings (SSSR count). The molecular weight excluding hydrogens is 316 g/mol. The van der Waals surface area contributed by atoms with Gasteiger partial charge in [-0.1, -0.05) is 41.5 Å². The van der Waals surface area contributed by atoms with Crippen molar-refractivity contribution in [1.82, 2.24) is 10.3 Å². The molecule has 0 bridgehead atoms. The fourth-order valence-corrected chi connectivity index (χ4v) is 3.83. The monoisotopic (exact) mass is 346 g/mol. The number of benzene rings is 1. The van der Waals surface area contributed by atoms with Crippen molar-refractivity contribution in [1.29, 1.82) is 0 Å². The average molecular weight is 347 g/mol. The third kappa shape index (κ3) is 3.81. The van der Waals surface area contributed by atoms with Crippen LogP contribution in [0, 0.1) is 6.92 Å². The predicted octanol–water partition coefficient (Wildman–Crippen LogP) is 5.14. The molecule has 0 unspecified atom stereocenters. The summed E-state index contributed by atoms with van der Waals surface area (Å²) in [5, 5.41) is 15.1. The molecule has 0 atom stereocenters. The zero-order valence-corrected chi connectivity index (χ0v) is 17.0. The summed E-state index contributed by atoms with van der Waals surface area (Å²) in [5.41, 5.74) is 3.83. The van der Waals surface area contributed by atoms with E-state index in [4.69, 9.17) is 4.98 Å². The first-order valence-corrected chi connectivity index (χ1v) is 9.26. The number of nitrogens with one attached hydrogen (secondary N) is 1. The van der Waals surface area contributed by atoms with Crippen LogP contribution in [0.4, 0.5) is 0 Å². The lowest BCUT2D eigenvalue weighted by Gasteiger charge is -2.28. The van der Waals surface area contributed by atoms with Gasteiger partial charge in [0.1, 0.15) is 10.8 Å². The van der Waals surface area contributed by atoms with Crippen LogP contribution in [0.3, 0.4) is 0 Å². The Labute approximate surface area is 150 Å². The van der Waals surface area contributed by atoms with Crippen LogP contribution in [0.1, 0.15) is 62.6 Å². The highest BCUT2D eigenvalue weighted by Crippen LogP contribution is 2.42. The Morgan fingerprint density at radius 1 is 1.04 bits per heavy atom. The number of aryl methyl sites for hydroxylation is 1. The van der Waals surface area contributed by atoms with E-state index < -0.39 is 0 Å². The molecule has 4 heteroatoms. The van der Waals surface area contributed by atoms with E-state index >= 15 is 0 Å². The van der Waals surface area contributed by atoms with E-state index in [0.717, 1.165) is 33.9 Å². The minimum atomic E-state index is -0.127. The second-order valence-electron chi connectivity index (χ2n) is 8.46. The highest BCUT2D eigenvalue weighted by molar-refractivity contribution is 7.12. The summed E-state index contributed by atoms with van der Waals surface area (Å²) >= 11 is 1.73. The maximum absolute atomic E-state index is 10.9. The Hall–Kier alpha value is -1.39. The fraction of sp³-hybridized carbons (Fsp3) is 0.550. The Morgan fingerprint density at radius 2 is 1.54 bits per heavy atom. The maximum Gasteiger partial charge on any atom is 0.123 e. The molecule has 0 aliphatic rings. The van der Waals surface area contributed by atoms with Crippen LogP contribution >= 0.6 is 11.3 Å². The van der Waals surface area contributed by atoms with E-state index in [1.165, 1.54) is 4.88 Å². The van der Waals surface area contributed by atoms with Gasteiger partial charge in [-0.2, -0.15) is 0 Å². The molecule has 0 spiro atoms. The van der Waals surface area contributed by atoms with Crippen molar-refractivity contribution in [3.8, 4) is 17.0 Å². The van der Waals surface area contributed by atoms with Gasteiger partial charge in [0, 0.05) is 28.1 Å². The van der Waals surface area contributed by atoms with E-state index in [1.807, 2.05) is 7.05 Å². The number of aromatic hydroxyl groups is 1. The zero-order valence-electron chi connectivity index (χ0n) is 16.2. The van der Waals surface area contributed by atoms with Crippen LogP contribution in [0.5, 0.6) is 5.75 Å². The summed E-state index contributed by atoms with van der Waals surface area (Å²) in [6.45, 7) is 15.7. The zero-order chi connectivity index (χ0) is 18.3. The van der Waals surface area contributed by atoms with Crippen molar-refractivity contribution < 1.29 is 5.11 Å². The molecule has 1 aromatic carbocycles. The number of hydrogen-bond donors (Lipinski definition) is 2. The average Bonchev–Trinajstić information content (AvgIpc) is 2.77. The number of rotatable bonds is 3. The summed E-state index contributed by atoms with van der Waals surface area (Å²) in [5.74, 6) is 0.419. The molecule has 1 aromatic heterocycles. The standard InChI is InChI=1S/C20H30N2OS/c1-12-17(22-16(24-12)11-21-8)13-9-14(19(2,3)4)18(23)15(10-13)20(5,6)7/h9-10,21,23H,11H2,1-8H3. The smallest absolute Gasteiger partial charge is 0.123 e. The number of phenols is 1. The van der Waals surface area contributed by atoms with Crippen LogP contribution in [0.15, 0.2) is 12.1 Å². The first-order valence-electron chi connectivity index (χ1n) is 8.44. The van der Waals surface area contributed by atoms with Crippen molar-refractivity contribution in [3.63, 3.8) is 0 Å². The highest BCUT2D eigenvalue weighted by atomic mass is 32.1. The SMILES string of the molecule is CNCc1nc(-c2cc(C(C)(C)C)c(O)c(C(C)(C)C)c2)c(C)s1. The molecule has 3 nitrogen and oxygen atoms in total. The van der Waals surface area contributed by atoms with Crippen molar-refractivity contribution >= 4 is 11.3 Å². The van der Waals surface area contributed by atoms with Crippen LogP contribution < -0.4 is 5.32 Å². The third-order valence-corrected chi connectivity index (χ3v) is 5.14. The largest absolute Gasteiger partial charge is 0.507 e. The van der Waals surface area contributed by atoms with Gasteiger partial charge in [-0.05, 0) is 36.9 Å². The van der Waals surface area contributed by atoms with Gasteiger partial charge in [0.05, 0.1) is 5.69 Å². The fourth-order valence-electron chi connectivity index (χ4n) is 2.86. The van der Waals surface area contributed by atoms with Gasteiger partial charge >= 0.3 is 0 Å². The first-order chi connectivity index (χ1) is 10.9. The first kappa shape index (κ1) is 18.9. The maximum atomic E-state index is 10.9. The van der Waals surface area contributed by atoms with Gasteiger partial charge in [0.2, 0.25) is 0 Å². The van der Waals surface area contributed by atoms with E-state index in [1.54, 1.807) is 11.3 Å². The lowest BCUT2D eigenvalue weighted by molar-refractivity contribution is 0.423. The van der Waals surface area contributed by atoms with E-state index in [-0.39, 0.29) is 10.8 Å². The number of nitrogens with zero attached hydrogens (tertiary/aromatic N) is 1. The molecule has 2 N–H and O–H groups in total. The van der Waals surface area contributed by atoms with Gasteiger partial charge in [0.25, 0.3) is 0 Å². The summed E-state index contributed by atoms with van der Waals surface area (Å²) < 4.78 is 0. The molecule has 0 aliphatic heterocycles. The van der Waals surface area contributed by atoms with Gasteiger partial charge < -0.3 is 10.4 Å². The lowest BCUT2D eigenvalue weighted by Crippen LogP contribution is -2.17. The van der Waals surface area contributed by atoms with Crippen LogP contribution in [0.2, 0.25) is 0 Å². The van der Waals surface area contributed by atoms with Gasteiger partial charge in [0.15, 0.2) is 0 Å². The number of thiazole rings is 1. The number of phenolic OH excluding ortho intramolecular Hbond substituents is 1. The normalized spacial score (nSPS) is 12.7. The molecule has 0 saturated carbocycles. The van der Waals surface area contributed by atoms with Crippen LogP contribution in [-0.4, -0.2) is 17.1 Å². The minimum absolute atomic E-state index is 0.127. The quantitative estimate of drug-likeness (QED) is 0.809. The highest BCUT2D eigenvalue weighted by Gasteiger charge is 2.27. The Kier molecular flexibility index (Phi) is 5.12. The minimum Gasteiger partial charge on any atom is -0.507 e. The van der Waals surface area contributed by atoms with Gasteiger partial charge in [-0.3, -0.25) is 0 Å². The molecular formula is C20H30N2OS. The third-order valence-electron chi connectivity index (χ3n) is 4.17. The molecule has 0 radical (unpaired) electrons. The summed E-state index contributed by atoms with van der Waals surface area (Å²) in [4.78, 5) is 6.03. The van der Waals surface area contributed by atoms with Crippen molar-refractivity contribution in [2.45, 2.75) is 65.8 Å². The van der Waals surface area contributed by atoms with Gasteiger partial charge in [-0.15, -0.1) is 11.3 Å². The molecule has 0 amide bonds. The Morgan fingerprint density at radius 3 is 1.96 bits per heavy atom. The van der Waals surface area contributed by atoms with Crippen molar-refractivity contribution in [2.75, 3.05) is 7.05 Å². The van der Waals surface area contributed by atoms with Crippen LogP contribution in [0.25, 0.3) is 11.3 Å². The molecule has 0 aliphatic carbocycles.